The number of allylic oxidation sites excluding steroid dienone is 4. The van der Waals surface area contributed by atoms with Crippen molar-refractivity contribution < 1.29 is 14.4 Å². The number of nitro groups is 1. The SMILES string of the molecule is N#CC(=CC1=C(N2CCOCC2)/C(=C\c2cccc([N+](=O)[O-])c2)CC1)c1nnc(N2CCOCC2)n1-c1ccccc1. The highest BCUT2D eigenvalue weighted by Crippen LogP contribution is 2.38. The number of hydrogen-bond acceptors (Lipinski definition) is 9. The number of nitrogens with zero attached hydrogens (tertiary/aromatic N) is 7. The second kappa shape index (κ2) is 12.4. The van der Waals surface area contributed by atoms with Crippen LogP contribution in [-0.4, -0.2) is 77.2 Å². The van der Waals surface area contributed by atoms with Gasteiger partial charge in [0.2, 0.25) is 5.95 Å². The normalized spacial score (nSPS) is 18.9. The molecule has 3 aromatic rings. The minimum Gasteiger partial charge on any atom is -0.378 e. The molecule has 2 saturated heterocycles. The quantitative estimate of drug-likeness (QED) is 0.233. The van der Waals surface area contributed by atoms with Crippen molar-refractivity contribution in [3.05, 3.63) is 99.0 Å². The van der Waals surface area contributed by atoms with Gasteiger partial charge in [-0.15, -0.1) is 10.2 Å². The number of benzene rings is 2. The topological polar surface area (TPSA) is 123 Å². The molecular formula is C31H31N7O4. The fourth-order valence-corrected chi connectivity index (χ4v) is 5.67. The Morgan fingerprint density at radius 1 is 0.929 bits per heavy atom. The monoisotopic (exact) mass is 565 g/mol. The molecule has 0 radical (unpaired) electrons. The molecule has 0 N–H and O–H groups in total. The lowest BCUT2D eigenvalue weighted by molar-refractivity contribution is -0.384. The van der Waals surface area contributed by atoms with Crippen LogP contribution in [0.2, 0.25) is 0 Å². The zero-order chi connectivity index (χ0) is 28.9. The van der Waals surface area contributed by atoms with Gasteiger partial charge in [-0.3, -0.25) is 14.7 Å². The van der Waals surface area contributed by atoms with Gasteiger partial charge in [-0.1, -0.05) is 30.3 Å². The van der Waals surface area contributed by atoms with E-state index in [0.29, 0.717) is 56.9 Å². The van der Waals surface area contributed by atoms with Gasteiger partial charge in [-0.05, 0) is 53.8 Å². The van der Waals surface area contributed by atoms with Crippen LogP contribution in [0.15, 0.2) is 77.5 Å². The number of anilines is 1. The van der Waals surface area contributed by atoms with Crippen LogP contribution in [0.4, 0.5) is 11.6 Å². The first-order chi connectivity index (χ1) is 20.6. The molecule has 3 aliphatic rings. The number of morpholine rings is 2. The van der Waals surface area contributed by atoms with Crippen LogP contribution in [0.5, 0.6) is 0 Å². The molecule has 1 aliphatic carbocycles. The molecule has 42 heavy (non-hydrogen) atoms. The van der Waals surface area contributed by atoms with Crippen molar-refractivity contribution in [1.29, 1.82) is 5.26 Å². The van der Waals surface area contributed by atoms with Crippen LogP contribution in [0.25, 0.3) is 17.3 Å². The Labute approximate surface area is 243 Å². The zero-order valence-corrected chi connectivity index (χ0v) is 23.2. The summed E-state index contributed by atoms with van der Waals surface area (Å²) in [5.74, 6) is 1.16. The summed E-state index contributed by atoms with van der Waals surface area (Å²) in [6.07, 6.45) is 5.44. The van der Waals surface area contributed by atoms with Crippen molar-refractivity contribution in [3.63, 3.8) is 0 Å². The molecule has 0 unspecified atom stereocenters. The highest BCUT2D eigenvalue weighted by atomic mass is 16.6. The average molecular weight is 566 g/mol. The molecule has 0 atom stereocenters. The minimum atomic E-state index is -0.378. The molecule has 0 amide bonds. The van der Waals surface area contributed by atoms with Gasteiger partial charge in [0.05, 0.1) is 42.6 Å². The zero-order valence-electron chi connectivity index (χ0n) is 23.2. The van der Waals surface area contributed by atoms with Crippen molar-refractivity contribution in [2.24, 2.45) is 0 Å². The summed E-state index contributed by atoms with van der Waals surface area (Å²) in [6, 6.07) is 18.9. The van der Waals surface area contributed by atoms with Gasteiger partial charge < -0.3 is 19.3 Å². The Balaban J connectivity index is 1.45. The fourth-order valence-electron chi connectivity index (χ4n) is 5.67. The lowest BCUT2D eigenvalue weighted by atomic mass is 10.1. The lowest BCUT2D eigenvalue weighted by Gasteiger charge is -2.31. The summed E-state index contributed by atoms with van der Waals surface area (Å²) in [7, 11) is 0. The van der Waals surface area contributed by atoms with Crippen molar-refractivity contribution in [2.45, 2.75) is 12.8 Å². The maximum absolute atomic E-state index is 11.4. The van der Waals surface area contributed by atoms with E-state index in [1.807, 2.05) is 53.1 Å². The average Bonchev–Trinajstić information content (AvgIpc) is 3.65. The summed E-state index contributed by atoms with van der Waals surface area (Å²) in [5.41, 5.74) is 5.29. The number of hydrogen-bond donors (Lipinski definition) is 0. The van der Waals surface area contributed by atoms with Crippen LogP contribution in [-0.2, 0) is 9.47 Å². The first-order valence-electron chi connectivity index (χ1n) is 14.1. The van der Waals surface area contributed by atoms with E-state index in [4.69, 9.17) is 9.47 Å². The van der Waals surface area contributed by atoms with Gasteiger partial charge in [0, 0.05) is 44.0 Å². The largest absolute Gasteiger partial charge is 0.378 e. The standard InChI is InChI=1S/C31H31N7O4/c32-22-26(30-33-34-31(36-13-17-42-18-14-36)37(30)27-6-2-1-3-7-27)21-25-10-9-24(29(25)35-11-15-41-16-12-35)19-23-5-4-8-28(20-23)38(39)40/h1-8,19-21H,9-18H2/b24-19-,26-21?. The molecule has 6 rings (SSSR count). The van der Waals surface area contributed by atoms with Gasteiger partial charge in [0.25, 0.3) is 5.69 Å². The predicted molar refractivity (Wildman–Crippen MR) is 158 cm³/mol. The Kier molecular flexibility index (Phi) is 8.07. The van der Waals surface area contributed by atoms with Gasteiger partial charge >= 0.3 is 0 Å². The Morgan fingerprint density at radius 2 is 1.64 bits per heavy atom. The van der Waals surface area contributed by atoms with Crippen molar-refractivity contribution in [2.75, 3.05) is 57.5 Å². The molecule has 1 aromatic heterocycles. The van der Waals surface area contributed by atoms with Gasteiger partial charge in [-0.2, -0.15) is 5.26 Å². The van der Waals surface area contributed by atoms with E-state index < -0.39 is 0 Å². The summed E-state index contributed by atoms with van der Waals surface area (Å²) in [6.45, 7) is 5.26. The molecule has 0 spiro atoms. The first-order valence-corrected chi connectivity index (χ1v) is 14.1. The molecule has 11 nitrogen and oxygen atoms in total. The van der Waals surface area contributed by atoms with E-state index in [1.165, 1.54) is 6.07 Å². The summed E-state index contributed by atoms with van der Waals surface area (Å²) in [5, 5.41) is 30.9. The molecule has 0 saturated carbocycles. The van der Waals surface area contributed by atoms with Crippen LogP contribution >= 0.6 is 0 Å². The molecule has 11 heteroatoms. The highest BCUT2D eigenvalue weighted by Gasteiger charge is 2.28. The molecule has 214 valence electrons. The fraction of sp³-hybridized carbons (Fsp3) is 0.323. The van der Waals surface area contributed by atoms with E-state index in [-0.39, 0.29) is 10.6 Å². The third-order valence-electron chi connectivity index (χ3n) is 7.66. The lowest BCUT2D eigenvalue weighted by Crippen LogP contribution is -2.38. The summed E-state index contributed by atoms with van der Waals surface area (Å²) < 4.78 is 13.1. The molecule has 3 heterocycles. The Bertz CT molecular complexity index is 1590. The van der Waals surface area contributed by atoms with E-state index in [1.54, 1.807) is 12.1 Å². The second-order valence-corrected chi connectivity index (χ2v) is 10.3. The maximum Gasteiger partial charge on any atom is 0.270 e. The van der Waals surface area contributed by atoms with Gasteiger partial charge in [0.15, 0.2) is 5.82 Å². The van der Waals surface area contributed by atoms with Crippen LogP contribution in [0, 0.1) is 21.4 Å². The first kappa shape index (κ1) is 27.4. The van der Waals surface area contributed by atoms with E-state index in [9.17, 15) is 15.4 Å². The smallest absolute Gasteiger partial charge is 0.270 e. The molecule has 2 aromatic carbocycles. The number of nitro benzene ring substituents is 1. The highest BCUT2D eigenvalue weighted by molar-refractivity contribution is 5.78. The molecular weight excluding hydrogens is 534 g/mol. The van der Waals surface area contributed by atoms with E-state index in [0.717, 1.165) is 54.0 Å². The van der Waals surface area contributed by atoms with Gasteiger partial charge in [0.1, 0.15) is 6.07 Å². The van der Waals surface area contributed by atoms with Crippen molar-refractivity contribution >= 4 is 23.3 Å². The van der Waals surface area contributed by atoms with Gasteiger partial charge in [-0.25, -0.2) is 0 Å². The number of rotatable bonds is 7. The van der Waals surface area contributed by atoms with Crippen LogP contribution in [0.3, 0.4) is 0 Å². The molecule has 2 fully saturated rings. The second-order valence-electron chi connectivity index (χ2n) is 10.3. The maximum atomic E-state index is 11.4. The minimum absolute atomic E-state index is 0.0578. The number of non-ortho nitro benzene ring substituents is 1. The number of ether oxygens (including phenoxy) is 2. The van der Waals surface area contributed by atoms with Crippen LogP contribution < -0.4 is 4.90 Å². The summed E-state index contributed by atoms with van der Waals surface area (Å²) >= 11 is 0. The number of nitriles is 1. The Hall–Kier alpha value is -4.79. The number of para-hydroxylation sites is 1. The predicted octanol–water partition coefficient (Wildman–Crippen LogP) is 4.38. The molecule has 0 bridgehead atoms. The third-order valence-corrected chi connectivity index (χ3v) is 7.66. The van der Waals surface area contributed by atoms with Crippen LogP contribution in [0.1, 0.15) is 24.2 Å². The molecule has 2 aliphatic heterocycles. The number of aromatic nitrogens is 3. The van der Waals surface area contributed by atoms with Crippen molar-refractivity contribution in [3.8, 4) is 11.8 Å². The third kappa shape index (κ3) is 5.68. The van der Waals surface area contributed by atoms with E-state index >= 15 is 0 Å². The van der Waals surface area contributed by atoms with E-state index in [2.05, 4.69) is 26.1 Å². The van der Waals surface area contributed by atoms with Crippen molar-refractivity contribution in [1.82, 2.24) is 19.7 Å². The Morgan fingerprint density at radius 3 is 2.33 bits per heavy atom. The summed E-state index contributed by atoms with van der Waals surface area (Å²) in [4.78, 5) is 15.4.